The van der Waals surface area contributed by atoms with Gasteiger partial charge in [0.2, 0.25) is 5.91 Å². The fourth-order valence-electron chi connectivity index (χ4n) is 3.53. The minimum atomic E-state index is -0.676. The topological polar surface area (TPSA) is 112 Å². The number of aromatic nitrogens is 2. The standard InChI is InChI=1S/C20H26FN5O4/c1-30-12-11-25-18(22)17(24-9-3-2-4-10-24)19(28)26(20(25)29)13-16(27)23-15-7-5-14(21)6-8-15/h5-8H,2-4,9-13,22H2,1H3,(H,23,27). The Morgan fingerprint density at radius 3 is 2.43 bits per heavy atom. The number of benzene rings is 1. The maximum Gasteiger partial charge on any atom is 0.333 e. The third-order valence-corrected chi connectivity index (χ3v) is 5.06. The number of carbonyl (C=O) groups is 1. The quantitative estimate of drug-likeness (QED) is 0.693. The highest BCUT2D eigenvalue weighted by molar-refractivity contribution is 5.90. The maximum absolute atomic E-state index is 13.1. The maximum atomic E-state index is 13.1. The van der Waals surface area contributed by atoms with Crippen molar-refractivity contribution >= 4 is 23.1 Å². The van der Waals surface area contributed by atoms with E-state index in [2.05, 4.69) is 5.32 Å². The largest absolute Gasteiger partial charge is 0.383 e. The van der Waals surface area contributed by atoms with Gasteiger partial charge in [-0.15, -0.1) is 0 Å². The van der Waals surface area contributed by atoms with Gasteiger partial charge in [0.25, 0.3) is 5.56 Å². The highest BCUT2D eigenvalue weighted by atomic mass is 19.1. The van der Waals surface area contributed by atoms with Crippen LogP contribution in [0, 0.1) is 5.82 Å². The molecule has 10 heteroatoms. The third kappa shape index (κ3) is 4.70. The van der Waals surface area contributed by atoms with Crippen LogP contribution < -0.4 is 27.2 Å². The Balaban J connectivity index is 1.97. The van der Waals surface area contributed by atoms with E-state index in [4.69, 9.17) is 10.5 Å². The SMILES string of the molecule is COCCn1c(N)c(N2CCCCC2)c(=O)n(CC(=O)Nc2ccc(F)cc2)c1=O. The normalized spacial score (nSPS) is 14.0. The van der Waals surface area contributed by atoms with Gasteiger partial charge >= 0.3 is 5.69 Å². The predicted molar refractivity (Wildman–Crippen MR) is 112 cm³/mol. The summed E-state index contributed by atoms with van der Waals surface area (Å²) in [5, 5.41) is 2.57. The molecule has 0 radical (unpaired) electrons. The Labute approximate surface area is 172 Å². The van der Waals surface area contributed by atoms with Gasteiger partial charge in [-0.3, -0.25) is 14.2 Å². The second kappa shape index (κ2) is 9.57. The number of hydrogen-bond donors (Lipinski definition) is 2. The molecule has 1 saturated heterocycles. The first kappa shape index (κ1) is 21.6. The number of piperidine rings is 1. The number of rotatable bonds is 7. The number of methoxy groups -OCH3 is 1. The average Bonchev–Trinajstić information content (AvgIpc) is 2.74. The zero-order valence-corrected chi connectivity index (χ0v) is 16.9. The lowest BCUT2D eigenvalue weighted by atomic mass is 10.1. The molecular formula is C20H26FN5O4. The summed E-state index contributed by atoms with van der Waals surface area (Å²) in [5.41, 5.74) is 5.54. The second-order valence-electron chi connectivity index (χ2n) is 7.15. The van der Waals surface area contributed by atoms with Crippen LogP contribution in [0.25, 0.3) is 0 Å². The van der Waals surface area contributed by atoms with Crippen LogP contribution >= 0.6 is 0 Å². The molecule has 0 aliphatic carbocycles. The fraction of sp³-hybridized carbons (Fsp3) is 0.450. The number of nitrogens with zero attached hydrogens (tertiary/aromatic N) is 3. The van der Waals surface area contributed by atoms with Gasteiger partial charge in [-0.25, -0.2) is 13.8 Å². The smallest absolute Gasteiger partial charge is 0.333 e. The number of amides is 1. The van der Waals surface area contributed by atoms with E-state index in [1.165, 1.54) is 35.9 Å². The molecule has 0 bridgehead atoms. The molecule has 9 nitrogen and oxygen atoms in total. The van der Waals surface area contributed by atoms with E-state index in [-0.39, 0.29) is 24.7 Å². The third-order valence-electron chi connectivity index (χ3n) is 5.06. The number of nitrogens with one attached hydrogen (secondary N) is 1. The van der Waals surface area contributed by atoms with Crippen molar-refractivity contribution in [3.63, 3.8) is 0 Å². The van der Waals surface area contributed by atoms with Crippen LogP contribution in [0.1, 0.15) is 19.3 Å². The Morgan fingerprint density at radius 1 is 1.13 bits per heavy atom. The minimum Gasteiger partial charge on any atom is -0.383 e. The van der Waals surface area contributed by atoms with Crippen molar-refractivity contribution in [2.75, 3.05) is 42.8 Å². The molecule has 2 aromatic rings. The number of carbonyl (C=O) groups excluding carboxylic acids is 1. The Bertz CT molecular complexity index is 1010. The molecule has 3 N–H and O–H groups in total. The molecule has 3 rings (SSSR count). The molecule has 0 atom stereocenters. The van der Waals surface area contributed by atoms with E-state index in [9.17, 15) is 18.8 Å². The van der Waals surface area contributed by atoms with Gasteiger partial charge in [-0.2, -0.15) is 0 Å². The molecule has 30 heavy (non-hydrogen) atoms. The first-order valence-corrected chi connectivity index (χ1v) is 9.84. The number of hydrogen-bond acceptors (Lipinski definition) is 6. The first-order valence-electron chi connectivity index (χ1n) is 9.84. The molecule has 0 saturated carbocycles. The van der Waals surface area contributed by atoms with Crippen LogP contribution in [0.2, 0.25) is 0 Å². The van der Waals surface area contributed by atoms with Crippen LogP contribution in [0.5, 0.6) is 0 Å². The van der Waals surface area contributed by atoms with Gasteiger partial charge in [-0.1, -0.05) is 0 Å². The van der Waals surface area contributed by atoms with Crippen molar-refractivity contribution in [1.82, 2.24) is 9.13 Å². The van der Waals surface area contributed by atoms with Gasteiger partial charge in [0.1, 0.15) is 23.9 Å². The van der Waals surface area contributed by atoms with E-state index >= 15 is 0 Å². The predicted octanol–water partition coefficient (Wildman–Crippen LogP) is 1.01. The van der Waals surface area contributed by atoms with Crippen molar-refractivity contribution < 1.29 is 13.9 Å². The average molecular weight is 419 g/mol. The van der Waals surface area contributed by atoms with Crippen molar-refractivity contribution in [2.24, 2.45) is 0 Å². The van der Waals surface area contributed by atoms with Crippen LogP contribution in [0.4, 0.5) is 21.6 Å². The molecule has 1 aromatic heterocycles. The van der Waals surface area contributed by atoms with Crippen LogP contribution in [0.3, 0.4) is 0 Å². The highest BCUT2D eigenvalue weighted by Gasteiger charge is 2.24. The van der Waals surface area contributed by atoms with Gasteiger partial charge in [-0.05, 0) is 43.5 Å². The zero-order chi connectivity index (χ0) is 21.7. The van der Waals surface area contributed by atoms with Crippen LogP contribution in [0.15, 0.2) is 33.9 Å². The number of nitrogens with two attached hydrogens (primary N) is 1. The van der Waals surface area contributed by atoms with Crippen LogP contribution in [-0.2, 0) is 22.6 Å². The molecule has 0 spiro atoms. The van der Waals surface area contributed by atoms with E-state index in [0.29, 0.717) is 18.8 Å². The summed E-state index contributed by atoms with van der Waals surface area (Å²) in [4.78, 5) is 40.4. The minimum absolute atomic E-state index is 0.0825. The summed E-state index contributed by atoms with van der Waals surface area (Å²) in [7, 11) is 1.50. The molecule has 0 unspecified atom stereocenters. The van der Waals surface area contributed by atoms with E-state index in [1.807, 2.05) is 4.90 Å². The summed E-state index contributed by atoms with van der Waals surface area (Å²) in [6.07, 6.45) is 2.90. The Kier molecular flexibility index (Phi) is 6.88. The monoisotopic (exact) mass is 419 g/mol. The molecule has 1 aliphatic rings. The number of anilines is 3. The van der Waals surface area contributed by atoms with Crippen molar-refractivity contribution in [2.45, 2.75) is 32.4 Å². The molecule has 1 aromatic carbocycles. The van der Waals surface area contributed by atoms with Gasteiger partial charge < -0.3 is 20.7 Å². The molecule has 2 heterocycles. The second-order valence-corrected chi connectivity index (χ2v) is 7.15. The lowest BCUT2D eigenvalue weighted by molar-refractivity contribution is -0.116. The van der Waals surface area contributed by atoms with Gasteiger partial charge in [0.05, 0.1) is 13.2 Å². The summed E-state index contributed by atoms with van der Waals surface area (Å²) < 4.78 is 20.3. The number of halogens is 1. The summed E-state index contributed by atoms with van der Waals surface area (Å²) in [6, 6.07) is 5.21. The van der Waals surface area contributed by atoms with E-state index in [1.54, 1.807) is 0 Å². The summed E-state index contributed by atoms with van der Waals surface area (Å²) in [5.74, 6) is -0.928. The van der Waals surface area contributed by atoms with E-state index in [0.717, 1.165) is 23.8 Å². The van der Waals surface area contributed by atoms with Crippen LogP contribution in [-0.4, -0.2) is 41.8 Å². The molecule has 1 fully saturated rings. The summed E-state index contributed by atoms with van der Waals surface area (Å²) in [6.45, 7) is 1.21. The molecule has 162 valence electrons. The fourth-order valence-corrected chi connectivity index (χ4v) is 3.53. The van der Waals surface area contributed by atoms with Crippen molar-refractivity contribution in [1.29, 1.82) is 0 Å². The number of ether oxygens (including phenoxy) is 1. The van der Waals surface area contributed by atoms with Crippen molar-refractivity contribution in [3.8, 4) is 0 Å². The van der Waals surface area contributed by atoms with E-state index < -0.39 is 29.5 Å². The van der Waals surface area contributed by atoms with Gasteiger partial charge in [0, 0.05) is 25.9 Å². The Morgan fingerprint density at radius 2 is 1.80 bits per heavy atom. The highest BCUT2D eigenvalue weighted by Crippen LogP contribution is 2.21. The molecule has 1 amide bonds. The summed E-state index contributed by atoms with van der Waals surface area (Å²) >= 11 is 0. The Hall–Kier alpha value is -3.14. The van der Waals surface area contributed by atoms with Crippen molar-refractivity contribution in [3.05, 3.63) is 50.9 Å². The zero-order valence-electron chi connectivity index (χ0n) is 16.9. The molecule has 1 aliphatic heterocycles. The number of nitrogen functional groups attached to an aromatic ring is 1. The molecular weight excluding hydrogens is 393 g/mol. The first-order chi connectivity index (χ1) is 14.4. The van der Waals surface area contributed by atoms with Gasteiger partial charge in [0.15, 0.2) is 0 Å². The lowest BCUT2D eigenvalue weighted by Gasteiger charge is -2.30. The lowest BCUT2D eigenvalue weighted by Crippen LogP contribution is -2.47.